The van der Waals surface area contributed by atoms with Gasteiger partial charge in [0.2, 0.25) is 10.0 Å². The molecule has 0 fully saturated rings. The molecular formula is C37H30FNO5S. The van der Waals surface area contributed by atoms with Gasteiger partial charge < -0.3 is 9.52 Å². The summed E-state index contributed by atoms with van der Waals surface area (Å²) in [6, 6.07) is 36.5. The summed E-state index contributed by atoms with van der Waals surface area (Å²) in [4.78, 5) is 12.0. The van der Waals surface area contributed by atoms with Crippen molar-refractivity contribution in [2.75, 3.05) is 7.05 Å². The lowest BCUT2D eigenvalue weighted by molar-refractivity contribution is -0.141. The van der Waals surface area contributed by atoms with Crippen LogP contribution in [0.4, 0.5) is 4.39 Å². The zero-order valence-electron chi connectivity index (χ0n) is 24.4. The normalized spacial score (nSPS) is 12.4. The van der Waals surface area contributed by atoms with Crippen molar-refractivity contribution < 1.29 is 27.1 Å². The van der Waals surface area contributed by atoms with E-state index in [0.717, 1.165) is 48.9 Å². The van der Waals surface area contributed by atoms with E-state index in [4.69, 9.17) is 4.42 Å². The Bertz CT molecular complexity index is 2050. The van der Waals surface area contributed by atoms with E-state index in [1.54, 1.807) is 12.1 Å². The van der Waals surface area contributed by atoms with Gasteiger partial charge in [-0.05, 0) is 64.6 Å². The zero-order valence-corrected chi connectivity index (χ0v) is 25.2. The molecule has 6 nitrogen and oxygen atoms in total. The molecule has 226 valence electrons. The van der Waals surface area contributed by atoms with E-state index in [2.05, 4.69) is 18.2 Å². The lowest BCUT2D eigenvalue weighted by atomic mass is 9.96. The number of sulfonamides is 1. The first-order chi connectivity index (χ1) is 21.7. The van der Waals surface area contributed by atoms with Crippen LogP contribution < -0.4 is 0 Å². The number of para-hydroxylation sites is 1. The summed E-state index contributed by atoms with van der Waals surface area (Å²) in [6.45, 7) is 0. The fourth-order valence-electron chi connectivity index (χ4n) is 5.52. The van der Waals surface area contributed by atoms with Crippen molar-refractivity contribution in [3.05, 3.63) is 150 Å². The molecule has 8 heteroatoms. The Labute approximate surface area is 261 Å². The van der Waals surface area contributed by atoms with Crippen LogP contribution in [0.1, 0.15) is 16.9 Å². The number of carboxylic acids is 1. The Balaban J connectivity index is 1.24. The maximum Gasteiger partial charge on any atom is 0.322 e. The van der Waals surface area contributed by atoms with Crippen molar-refractivity contribution >= 4 is 27.0 Å². The predicted octanol–water partition coefficient (Wildman–Crippen LogP) is 7.81. The SMILES string of the molecule is CN(C(Cc1ccc(F)cc1)C(=O)O)S(=O)(=O)c1ccc(-c2ccc(-c3c(Cc4ccccc4)oc4ccccc34)cc2)cc1. The maximum atomic E-state index is 13.4. The molecule has 5 aromatic carbocycles. The van der Waals surface area contributed by atoms with E-state index in [1.165, 1.54) is 43.4 Å². The summed E-state index contributed by atoms with van der Waals surface area (Å²) in [5.41, 5.74) is 6.25. The number of hydrogen-bond acceptors (Lipinski definition) is 4. The average Bonchev–Trinajstić information content (AvgIpc) is 3.42. The number of furan rings is 1. The molecule has 0 aliphatic heterocycles. The third-order valence-electron chi connectivity index (χ3n) is 7.98. The standard InChI is InChI=1S/C37H30FNO5S/c1-39(33(37(40)41)23-26-11-19-30(38)20-12-26)45(42,43)31-21-17-28(18-22-31)27-13-15-29(16-14-27)36-32-9-5-6-10-34(32)44-35(36)24-25-7-3-2-4-8-25/h2-22,33H,23-24H2,1H3,(H,40,41). The molecule has 6 aromatic rings. The van der Waals surface area contributed by atoms with Crippen LogP contribution in [0.5, 0.6) is 0 Å². The molecular weight excluding hydrogens is 589 g/mol. The minimum absolute atomic E-state index is 0.0221. The van der Waals surface area contributed by atoms with Crippen LogP contribution in [-0.2, 0) is 27.7 Å². The highest BCUT2D eigenvalue weighted by molar-refractivity contribution is 7.89. The van der Waals surface area contributed by atoms with Gasteiger partial charge in [-0.2, -0.15) is 4.31 Å². The number of rotatable bonds is 10. The summed E-state index contributed by atoms with van der Waals surface area (Å²) >= 11 is 0. The average molecular weight is 620 g/mol. The van der Waals surface area contributed by atoms with Gasteiger partial charge in [0.1, 0.15) is 23.2 Å². The second-order valence-corrected chi connectivity index (χ2v) is 12.9. The lowest BCUT2D eigenvalue weighted by Crippen LogP contribution is -2.43. The first-order valence-corrected chi connectivity index (χ1v) is 15.9. The molecule has 0 amide bonds. The van der Waals surface area contributed by atoms with Gasteiger partial charge in [-0.25, -0.2) is 12.8 Å². The third-order valence-corrected chi connectivity index (χ3v) is 9.86. The molecule has 1 unspecified atom stereocenters. The monoisotopic (exact) mass is 619 g/mol. The molecule has 1 atom stereocenters. The topological polar surface area (TPSA) is 87.8 Å². The van der Waals surface area contributed by atoms with Crippen LogP contribution in [0.25, 0.3) is 33.2 Å². The molecule has 0 aliphatic rings. The van der Waals surface area contributed by atoms with Crippen molar-refractivity contribution in [3.63, 3.8) is 0 Å². The Morgan fingerprint density at radius 1 is 0.756 bits per heavy atom. The fraction of sp³-hybridized carbons (Fsp3) is 0.108. The third kappa shape index (κ3) is 6.29. The smallest absolute Gasteiger partial charge is 0.322 e. The summed E-state index contributed by atoms with van der Waals surface area (Å²) < 4.78 is 47.3. The van der Waals surface area contributed by atoms with Gasteiger partial charge in [0.05, 0.1) is 4.90 Å². The molecule has 1 N–H and O–H groups in total. The first kappa shape index (κ1) is 30.0. The minimum atomic E-state index is -4.13. The number of carbonyl (C=O) groups is 1. The Morgan fingerprint density at radius 3 is 1.98 bits per heavy atom. The number of fused-ring (bicyclic) bond motifs is 1. The Kier molecular flexibility index (Phi) is 8.34. The first-order valence-electron chi connectivity index (χ1n) is 14.4. The second-order valence-electron chi connectivity index (χ2n) is 10.9. The van der Waals surface area contributed by atoms with Crippen molar-refractivity contribution in [2.45, 2.75) is 23.8 Å². The molecule has 1 heterocycles. The van der Waals surface area contributed by atoms with Gasteiger partial charge in [0.25, 0.3) is 0 Å². The fourth-order valence-corrected chi connectivity index (χ4v) is 6.83. The largest absolute Gasteiger partial charge is 0.480 e. The summed E-state index contributed by atoms with van der Waals surface area (Å²) in [7, 11) is -2.88. The molecule has 45 heavy (non-hydrogen) atoms. The Morgan fingerprint density at radius 2 is 1.33 bits per heavy atom. The van der Waals surface area contributed by atoms with Crippen LogP contribution in [0.15, 0.2) is 137 Å². The summed E-state index contributed by atoms with van der Waals surface area (Å²) in [5, 5.41) is 10.9. The number of hydrogen-bond donors (Lipinski definition) is 1. The van der Waals surface area contributed by atoms with Crippen LogP contribution in [0, 0.1) is 5.82 Å². The van der Waals surface area contributed by atoms with Crippen molar-refractivity contribution in [1.29, 1.82) is 0 Å². The van der Waals surface area contributed by atoms with E-state index in [1.807, 2.05) is 60.7 Å². The highest BCUT2D eigenvalue weighted by atomic mass is 32.2. The molecule has 6 rings (SSSR count). The number of aliphatic carboxylic acids is 1. The van der Waals surface area contributed by atoms with Gasteiger partial charge in [-0.3, -0.25) is 4.79 Å². The molecule has 0 spiro atoms. The highest BCUT2D eigenvalue weighted by Crippen LogP contribution is 2.37. The lowest BCUT2D eigenvalue weighted by Gasteiger charge is -2.24. The zero-order chi connectivity index (χ0) is 31.6. The molecule has 1 aromatic heterocycles. The summed E-state index contributed by atoms with van der Waals surface area (Å²) in [5.74, 6) is -0.864. The number of benzene rings is 5. The summed E-state index contributed by atoms with van der Waals surface area (Å²) in [6.07, 6.45) is 0.554. The minimum Gasteiger partial charge on any atom is -0.480 e. The van der Waals surface area contributed by atoms with Crippen LogP contribution in [-0.4, -0.2) is 36.9 Å². The van der Waals surface area contributed by atoms with Gasteiger partial charge in [-0.1, -0.05) is 97.1 Å². The molecule has 0 saturated carbocycles. The van der Waals surface area contributed by atoms with E-state index in [9.17, 15) is 22.7 Å². The number of nitrogens with zero attached hydrogens (tertiary/aromatic N) is 1. The van der Waals surface area contributed by atoms with Gasteiger partial charge >= 0.3 is 5.97 Å². The van der Waals surface area contributed by atoms with Crippen molar-refractivity contribution in [3.8, 4) is 22.3 Å². The predicted molar refractivity (Wildman–Crippen MR) is 173 cm³/mol. The highest BCUT2D eigenvalue weighted by Gasteiger charge is 2.33. The van der Waals surface area contributed by atoms with E-state index in [0.29, 0.717) is 12.0 Å². The molecule has 0 saturated heterocycles. The van der Waals surface area contributed by atoms with Crippen LogP contribution >= 0.6 is 0 Å². The molecule has 0 aliphatic carbocycles. The number of halogens is 1. The Hall–Kier alpha value is -5.05. The van der Waals surface area contributed by atoms with E-state index >= 15 is 0 Å². The van der Waals surface area contributed by atoms with Crippen molar-refractivity contribution in [1.82, 2.24) is 4.31 Å². The number of likely N-dealkylation sites (N-methyl/N-ethyl adjacent to an activating group) is 1. The maximum absolute atomic E-state index is 13.4. The van der Waals surface area contributed by atoms with E-state index < -0.39 is 27.9 Å². The quantitative estimate of drug-likeness (QED) is 0.169. The number of carboxylic acid groups (broad SMARTS) is 1. The van der Waals surface area contributed by atoms with Gasteiger partial charge in [-0.15, -0.1) is 0 Å². The van der Waals surface area contributed by atoms with Gasteiger partial charge in [0, 0.05) is 24.4 Å². The molecule has 0 radical (unpaired) electrons. The van der Waals surface area contributed by atoms with Crippen LogP contribution in [0.3, 0.4) is 0 Å². The van der Waals surface area contributed by atoms with Crippen molar-refractivity contribution in [2.24, 2.45) is 0 Å². The second kappa shape index (κ2) is 12.5. The van der Waals surface area contributed by atoms with Crippen LogP contribution in [0.2, 0.25) is 0 Å². The van der Waals surface area contributed by atoms with Gasteiger partial charge in [0.15, 0.2) is 0 Å². The van der Waals surface area contributed by atoms with E-state index in [-0.39, 0.29) is 11.3 Å². The molecule has 0 bridgehead atoms.